The Morgan fingerprint density at radius 1 is 1.17 bits per heavy atom. The van der Waals surface area contributed by atoms with Crippen LogP contribution in [0.25, 0.3) is 0 Å². The molecule has 0 saturated carbocycles. The van der Waals surface area contributed by atoms with E-state index >= 15 is 0 Å². The number of carbonyl (C=O) groups excluding carboxylic acids is 1. The van der Waals surface area contributed by atoms with Crippen molar-refractivity contribution in [2.75, 3.05) is 18.0 Å². The molecule has 4 heteroatoms. The molecule has 24 heavy (non-hydrogen) atoms. The van der Waals surface area contributed by atoms with Crippen LogP contribution < -0.4 is 10.2 Å². The number of amides is 1. The van der Waals surface area contributed by atoms with Crippen LogP contribution in [0.3, 0.4) is 0 Å². The molecule has 2 aromatic rings. The molecule has 1 aromatic carbocycles. The lowest BCUT2D eigenvalue weighted by molar-refractivity contribution is 0.0947. The Hall–Kier alpha value is -2.36. The molecule has 1 heterocycles. The van der Waals surface area contributed by atoms with Crippen molar-refractivity contribution in [1.29, 1.82) is 0 Å². The summed E-state index contributed by atoms with van der Waals surface area (Å²) >= 11 is 0. The molecule has 0 radical (unpaired) electrons. The second kappa shape index (κ2) is 9.06. The van der Waals surface area contributed by atoms with Gasteiger partial charge in [0.2, 0.25) is 0 Å². The highest BCUT2D eigenvalue weighted by atomic mass is 16.1. The first-order valence-electron chi connectivity index (χ1n) is 8.63. The number of hydrogen-bond acceptors (Lipinski definition) is 3. The van der Waals surface area contributed by atoms with Crippen LogP contribution in [0.2, 0.25) is 0 Å². The van der Waals surface area contributed by atoms with E-state index in [9.17, 15) is 4.79 Å². The van der Waals surface area contributed by atoms with Gasteiger partial charge in [-0.05, 0) is 37.0 Å². The summed E-state index contributed by atoms with van der Waals surface area (Å²) in [6, 6.07) is 14.1. The molecule has 4 nitrogen and oxygen atoms in total. The Morgan fingerprint density at radius 3 is 2.50 bits per heavy atom. The van der Waals surface area contributed by atoms with Crippen molar-refractivity contribution in [1.82, 2.24) is 10.3 Å². The third-order valence-corrected chi connectivity index (χ3v) is 3.95. The van der Waals surface area contributed by atoms with Gasteiger partial charge in [0.15, 0.2) is 0 Å². The number of nitrogens with one attached hydrogen (secondary N) is 1. The number of nitrogens with zero attached hydrogens (tertiary/aromatic N) is 2. The van der Waals surface area contributed by atoms with Gasteiger partial charge in [-0.1, -0.05) is 44.2 Å². The predicted molar refractivity (Wildman–Crippen MR) is 99.2 cm³/mol. The van der Waals surface area contributed by atoms with Crippen LogP contribution in [0.4, 0.5) is 5.69 Å². The molecule has 0 fully saturated rings. The van der Waals surface area contributed by atoms with Gasteiger partial charge in [-0.3, -0.25) is 4.79 Å². The molecule has 2 rings (SSSR count). The van der Waals surface area contributed by atoms with Crippen molar-refractivity contribution in [3.8, 4) is 0 Å². The van der Waals surface area contributed by atoms with Crippen molar-refractivity contribution < 1.29 is 4.79 Å². The topological polar surface area (TPSA) is 45.2 Å². The molecule has 1 aromatic heterocycles. The van der Waals surface area contributed by atoms with Crippen LogP contribution in [-0.2, 0) is 6.54 Å². The highest BCUT2D eigenvalue weighted by molar-refractivity contribution is 5.92. The Morgan fingerprint density at radius 2 is 1.92 bits per heavy atom. The zero-order valence-corrected chi connectivity index (χ0v) is 14.8. The number of rotatable bonds is 8. The molecular formula is C20H27N3O. The molecule has 0 spiro atoms. The first kappa shape index (κ1) is 18.0. The van der Waals surface area contributed by atoms with Crippen molar-refractivity contribution in [3.63, 3.8) is 0 Å². The van der Waals surface area contributed by atoms with Crippen LogP contribution >= 0.6 is 0 Å². The third kappa shape index (κ3) is 5.37. The minimum atomic E-state index is -0.103. The Labute approximate surface area is 144 Å². The smallest absolute Gasteiger partial charge is 0.269 e. The molecule has 0 aliphatic carbocycles. The van der Waals surface area contributed by atoms with Crippen molar-refractivity contribution in [2.24, 2.45) is 5.92 Å². The zero-order chi connectivity index (χ0) is 17.4. The van der Waals surface area contributed by atoms with E-state index in [0.29, 0.717) is 18.2 Å². The molecule has 0 atom stereocenters. The Kier molecular flexibility index (Phi) is 6.79. The first-order chi connectivity index (χ1) is 11.6. The van der Waals surface area contributed by atoms with E-state index in [4.69, 9.17) is 0 Å². The summed E-state index contributed by atoms with van der Waals surface area (Å²) in [5.41, 5.74) is 2.76. The molecule has 1 amide bonds. The lowest BCUT2D eigenvalue weighted by Crippen LogP contribution is -2.26. The summed E-state index contributed by atoms with van der Waals surface area (Å²) < 4.78 is 0. The maximum Gasteiger partial charge on any atom is 0.269 e. The fourth-order valence-corrected chi connectivity index (χ4v) is 2.46. The van der Waals surface area contributed by atoms with E-state index in [0.717, 1.165) is 25.2 Å². The number of anilines is 1. The molecule has 128 valence electrons. The number of benzene rings is 1. The first-order valence-corrected chi connectivity index (χ1v) is 8.63. The van der Waals surface area contributed by atoms with E-state index in [2.05, 4.69) is 48.1 Å². The molecular weight excluding hydrogens is 298 g/mol. The summed E-state index contributed by atoms with van der Waals surface area (Å²) in [6.45, 7) is 8.82. The van der Waals surface area contributed by atoms with Crippen LogP contribution in [0, 0.1) is 5.92 Å². The SMILES string of the molecule is CCN(Cc1ccccc1)c1ccc(C(=O)NCCC(C)C)nc1. The maximum absolute atomic E-state index is 12.1. The highest BCUT2D eigenvalue weighted by Gasteiger charge is 2.10. The average Bonchev–Trinajstić information content (AvgIpc) is 2.60. The van der Waals surface area contributed by atoms with E-state index in [1.165, 1.54) is 5.56 Å². The molecule has 0 saturated heterocycles. The minimum absolute atomic E-state index is 0.103. The average molecular weight is 325 g/mol. The largest absolute Gasteiger partial charge is 0.366 e. The summed E-state index contributed by atoms with van der Waals surface area (Å²) in [6.07, 6.45) is 2.76. The number of aromatic nitrogens is 1. The second-order valence-corrected chi connectivity index (χ2v) is 6.34. The van der Waals surface area contributed by atoms with Gasteiger partial charge < -0.3 is 10.2 Å². The summed E-state index contributed by atoms with van der Waals surface area (Å²) in [5, 5.41) is 2.92. The second-order valence-electron chi connectivity index (χ2n) is 6.34. The zero-order valence-electron chi connectivity index (χ0n) is 14.8. The van der Waals surface area contributed by atoms with E-state index in [1.807, 2.05) is 24.3 Å². The fraction of sp³-hybridized carbons (Fsp3) is 0.400. The summed E-state index contributed by atoms with van der Waals surface area (Å²) in [7, 11) is 0. The van der Waals surface area contributed by atoms with E-state index in [-0.39, 0.29) is 5.91 Å². The van der Waals surface area contributed by atoms with Gasteiger partial charge in [0.25, 0.3) is 5.91 Å². The standard InChI is InChI=1S/C20H27N3O/c1-4-23(15-17-8-6-5-7-9-17)18-10-11-19(22-14-18)20(24)21-13-12-16(2)3/h5-11,14,16H,4,12-13,15H2,1-3H3,(H,21,24). The third-order valence-electron chi connectivity index (χ3n) is 3.95. The van der Waals surface area contributed by atoms with E-state index < -0.39 is 0 Å². The van der Waals surface area contributed by atoms with Crippen molar-refractivity contribution >= 4 is 11.6 Å². The van der Waals surface area contributed by atoms with Crippen LogP contribution in [0.15, 0.2) is 48.7 Å². The quantitative estimate of drug-likeness (QED) is 0.801. The highest BCUT2D eigenvalue weighted by Crippen LogP contribution is 2.16. The number of hydrogen-bond donors (Lipinski definition) is 1. The molecule has 0 bridgehead atoms. The predicted octanol–water partition coefficient (Wildman–Crippen LogP) is 3.88. The molecule has 1 N–H and O–H groups in total. The van der Waals surface area contributed by atoms with Gasteiger partial charge >= 0.3 is 0 Å². The van der Waals surface area contributed by atoms with Gasteiger partial charge in [0.05, 0.1) is 11.9 Å². The van der Waals surface area contributed by atoms with Crippen LogP contribution in [-0.4, -0.2) is 24.0 Å². The van der Waals surface area contributed by atoms with E-state index in [1.54, 1.807) is 12.3 Å². The van der Waals surface area contributed by atoms with Gasteiger partial charge in [0.1, 0.15) is 5.69 Å². The maximum atomic E-state index is 12.1. The summed E-state index contributed by atoms with van der Waals surface area (Å²) in [4.78, 5) is 18.7. The number of carbonyl (C=O) groups is 1. The molecule has 0 unspecified atom stereocenters. The van der Waals surface area contributed by atoms with Gasteiger partial charge in [-0.2, -0.15) is 0 Å². The van der Waals surface area contributed by atoms with Crippen LogP contribution in [0.1, 0.15) is 43.2 Å². The van der Waals surface area contributed by atoms with Gasteiger partial charge in [-0.15, -0.1) is 0 Å². The van der Waals surface area contributed by atoms with Gasteiger partial charge in [0, 0.05) is 19.6 Å². The van der Waals surface area contributed by atoms with Gasteiger partial charge in [-0.25, -0.2) is 4.98 Å². The Bertz CT molecular complexity index is 623. The monoisotopic (exact) mass is 325 g/mol. The van der Waals surface area contributed by atoms with Crippen LogP contribution in [0.5, 0.6) is 0 Å². The minimum Gasteiger partial charge on any atom is -0.366 e. The molecule has 0 aliphatic heterocycles. The lowest BCUT2D eigenvalue weighted by Gasteiger charge is -2.23. The lowest BCUT2D eigenvalue weighted by atomic mass is 10.1. The number of pyridine rings is 1. The Balaban J connectivity index is 1.97. The normalized spacial score (nSPS) is 10.7. The molecule has 0 aliphatic rings. The van der Waals surface area contributed by atoms with Crippen molar-refractivity contribution in [3.05, 3.63) is 59.9 Å². The summed E-state index contributed by atoms with van der Waals surface area (Å²) in [5.74, 6) is 0.477. The fourth-order valence-electron chi connectivity index (χ4n) is 2.46. The van der Waals surface area contributed by atoms with Crippen molar-refractivity contribution in [2.45, 2.75) is 33.7 Å².